The quantitative estimate of drug-likeness (QED) is 0.239. The Morgan fingerprint density at radius 3 is 1.79 bits per heavy atom. The van der Waals surface area contributed by atoms with E-state index in [1.807, 2.05) is 0 Å². The average molecular weight is 266 g/mol. The summed E-state index contributed by atoms with van der Waals surface area (Å²) in [7, 11) is 0. The topological polar surface area (TPSA) is 26.3 Å². The number of hydrogen-bond acceptors (Lipinski definition) is 2. The summed E-state index contributed by atoms with van der Waals surface area (Å²) in [5.74, 6) is -0.362. The maximum Gasteiger partial charge on any atom is 0.330 e. The fraction of sp³-hybridized carbons (Fsp3) is 0.706. The van der Waals surface area contributed by atoms with Gasteiger partial charge < -0.3 is 4.74 Å². The number of esters is 1. The Labute approximate surface area is 119 Å². The van der Waals surface area contributed by atoms with Crippen LogP contribution in [0, 0.1) is 13.5 Å². The second-order valence-electron chi connectivity index (χ2n) is 4.99. The minimum absolute atomic E-state index is 0.362. The van der Waals surface area contributed by atoms with Gasteiger partial charge in [-0.2, -0.15) is 0 Å². The lowest BCUT2D eigenvalue weighted by atomic mass is 10.1. The Kier molecular flexibility index (Phi) is 14.6. The minimum atomic E-state index is -0.362. The smallest absolute Gasteiger partial charge is 0.330 e. The van der Waals surface area contributed by atoms with Crippen molar-refractivity contribution in [3.63, 3.8) is 0 Å². The van der Waals surface area contributed by atoms with Crippen molar-refractivity contribution in [2.75, 3.05) is 0 Å². The molecule has 19 heavy (non-hydrogen) atoms. The zero-order valence-corrected chi connectivity index (χ0v) is 12.4. The van der Waals surface area contributed by atoms with Crippen LogP contribution in [0.3, 0.4) is 0 Å². The maximum atomic E-state index is 10.7. The lowest BCUT2D eigenvalue weighted by molar-refractivity contribution is -0.134. The van der Waals surface area contributed by atoms with Gasteiger partial charge in [0, 0.05) is 6.08 Å². The summed E-state index contributed by atoms with van der Waals surface area (Å²) in [6.07, 6.45) is 16.2. The second kappa shape index (κ2) is 15.3. The molecule has 0 bridgehead atoms. The van der Waals surface area contributed by atoms with E-state index >= 15 is 0 Å². The van der Waals surface area contributed by atoms with Crippen LogP contribution in [0.15, 0.2) is 12.7 Å². The minimum Gasteiger partial charge on any atom is -0.455 e. The standard InChI is InChI=1S/C17H30O2/c1-3-5-6-7-8-9-10-11-12-13-14-15-16-19-17(18)4-2/h4,16H,1-3,5-15H2. The van der Waals surface area contributed by atoms with Crippen molar-refractivity contribution in [1.82, 2.24) is 0 Å². The molecule has 2 nitrogen and oxygen atoms in total. The number of hydrogen-bond donors (Lipinski definition) is 0. The molecular formula is C17H30O2. The molecule has 0 fully saturated rings. The molecular weight excluding hydrogens is 236 g/mol. The molecule has 0 saturated carbocycles. The average Bonchev–Trinajstić information content (AvgIpc) is 2.43. The molecule has 2 radical (unpaired) electrons. The Morgan fingerprint density at radius 1 is 0.842 bits per heavy atom. The summed E-state index contributed by atoms with van der Waals surface area (Å²) in [4.78, 5) is 10.7. The van der Waals surface area contributed by atoms with E-state index < -0.39 is 0 Å². The van der Waals surface area contributed by atoms with Gasteiger partial charge in [-0.3, -0.25) is 0 Å². The number of carbonyl (C=O) groups excluding carboxylic acids is 1. The molecule has 0 saturated heterocycles. The van der Waals surface area contributed by atoms with Crippen LogP contribution >= 0.6 is 0 Å². The molecule has 110 valence electrons. The van der Waals surface area contributed by atoms with E-state index in [0.29, 0.717) is 0 Å². The van der Waals surface area contributed by atoms with Crippen LogP contribution in [0.5, 0.6) is 0 Å². The van der Waals surface area contributed by atoms with Crippen LogP contribution in [0.2, 0.25) is 0 Å². The largest absolute Gasteiger partial charge is 0.455 e. The van der Waals surface area contributed by atoms with Crippen molar-refractivity contribution in [1.29, 1.82) is 0 Å². The van der Waals surface area contributed by atoms with Crippen LogP contribution in [0.1, 0.15) is 77.0 Å². The predicted octanol–water partition coefficient (Wildman–Crippen LogP) is 5.39. The molecule has 0 unspecified atom stereocenters. The van der Waals surface area contributed by atoms with Gasteiger partial charge in [-0.05, 0) is 12.8 Å². The summed E-state index contributed by atoms with van der Waals surface area (Å²) in [6, 6.07) is 0. The molecule has 0 spiro atoms. The first-order valence-electron chi connectivity index (χ1n) is 7.75. The van der Waals surface area contributed by atoms with Gasteiger partial charge in [0.25, 0.3) is 0 Å². The highest BCUT2D eigenvalue weighted by atomic mass is 16.5. The number of ether oxygens (including phenoxy) is 1. The summed E-state index contributed by atoms with van der Waals surface area (Å²) < 4.78 is 4.80. The van der Waals surface area contributed by atoms with E-state index in [1.165, 1.54) is 63.9 Å². The van der Waals surface area contributed by atoms with E-state index in [1.54, 1.807) is 6.61 Å². The van der Waals surface area contributed by atoms with Crippen LogP contribution < -0.4 is 0 Å². The van der Waals surface area contributed by atoms with Gasteiger partial charge >= 0.3 is 5.97 Å². The predicted molar refractivity (Wildman–Crippen MR) is 81.4 cm³/mol. The molecule has 0 aliphatic rings. The maximum absolute atomic E-state index is 10.7. The summed E-state index contributed by atoms with van der Waals surface area (Å²) in [5.41, 5.74) is 0. The van der Waals surface area contributed by atoms with Crippen molar-refractivity contribution in [3.05, 3.63) is 26.2 Å². The molecule has 2 heteroatoms. The van der Waals surface area contributed by atoms with Crippen LogP contribution in [-0.2, 0) is 9.53 Å². The zero-order valence-electron chi connectivity index (χ0n) is 12.4. The van der Waals surface area contributed by atoms with Gasteiger partial charge in [0.1, 0.15) is 6.61 Å². The van der Waals surface area contributed by atoms with Gasteiger partial charge in [-0.15, -0.1) is 0 Å². The first kappa shape index (κ1) is 18.2. The monoisotopic (exact) mass is 266 g/mol. The molecule has 0 N–H and O–H groups in total. The first-order valence-corrected chi connectivity index (χ1v) is 7.75. The van der Waals surface area contributed by atoms with Gasteiger partial charge in [0.05, 0.1) is 0 Å². The first-order chi connectivity index (χ1) is 9.31. The van der Waals surface area contributed by atoms with E-state index in [4.69, 9.17) is 4.74 Å². The SMILES string of the molecule is [CH2]CCCCCCCCCCCC[CH]OC(=O)C=C. The van der Waals surface area contributed by atoms with Crippen LogP contribution in [0.4, 0.5) is 0 Å². The summed E-state index contributed by atoms with van der Waals surface area (Å²) in [5, 5.41) is 0. The highest BCUT2D eigenvalue weighted by Gasteiger charge is 1.96. The Bertz CT molecular complexity index is 211. The van der Waals surface area contributed by atoms with Crippen LogP contribution in [0.25, 0.3) is 0 Å². The molecule has 0 atom stereocenters. The van der Waals surface area contributed by atoms with Gasteiger partial charge in [-0.25, -0.2) is 4.79 Å². The molecule has 0 rings (SSSR count). The molecule has 0 amide bonds. The fourth-order valence-electron chi connectivity index (χ4n) is 2.01. The second-order valence-corrected chi connectivity index (χ2v) is 4.99. The lowest BCUT2D eigenvalue weighted by Gasteiger charge is -2.03. The van der Waals surface area contributed by atoms with Gasteiger partial charge in [0.2, 0.25) is 0 Å². The van der Waals surface area contributed by atoms with Crippen molar-refractivity contribution >= 4 is 5.97 Å². The molecule has 0 aliphatic carbocycles. The molecule has 0 aliphatic heterocycles. The van der Waals surface area contributed by atoms with Gasteiger partial charge in [-0.1, -0.05) is 77.7 Å². The fourth-order valence-corrected chi connectivity index (χ4v) is 2.01. The van der Waals surface area contributed by atoms with E-state index in [2.05, 4.69) is 13.5 Å². The third kappa shape index (κ3) is 15.2. The lowest BCUT2D eigenvalue weighted by Crippen LogP contribution is -1.96. The normalized spacial score (nSPS) is 10.4. The third-order valence-corrected chi connectivity index (χ3v) is 3.19. The Morgan fingerprint density at radius 2 is 1.32 bits per heavy atom. The van der Waals surface area contributed by atoms with E-state index in [9.17, 15) is 4.79 Å². The third-order valence-electron chi connectivity index (χ3n) is 3.19. The van der Waals surface area contributed by atoms with Crippen molar-refractivity contribution < 1.29 is 9.53 Å². The highest BCUT2D eigenvalue weighted by molar-refractivity contribution is 5.81. The number of carbonyl (C=O) groups is 1. The van der Waals surface area contributed by atoms with Gasteiger partial charge in [0.15, 0.2) is 0 Å². The Hall–Kier alpha value is -0.790. The zero-order chi connectivity index (χ0) is 14.2. The molecule has 0 aromatic carbocycles. The molecule has 0 heterocycles. The molecule has 0 aromatic rings. The number of unbranched alkanes of at least 4 members (excludes halogenated alkanes) is 11. The van der Waals surface area contributed by atoms with E-state index in [-0.39, 0.29) is 5.97 Å². The van der Waals surface area contributed by atoms with Crippen LogP contribution in [-0.4, -0.2) is 5.97 Å². The number of rotatable bonds is 14. The van der Waals surface area contributed by atoms with E-state index in [0.717, 1.165) is 19.3 Å². The van der Waals surface area contributed by atoms with Crippen molar-refractivity contribution in [3.8, 4) is 0 Å². The summed E-state index contributed by atoms with van der Waals surface area (Å²) in [6.45, 7) is 8.79. The highest BCUT2D eigenvalue weighted by Crippen LogP contribution is 2.12. The Balaban J connectivity index is 2.99. The van der Waals surface area contributed by atoms with Crippen molar-refractivity contribution in [2.45, 2.75) is 77.0 Å². The molecule has 0 aromatic heterocycles. The summed E-state index contributed by atoms with van der Waals surface area (Å²) >= 11 is 0. The van der Waals surface area contributed by atoms with Crippen molar-refractivity contribution in [2.24, 2.45) is 0 Å².